The summed E-state index contributed by atoms with van der Waals surface area (Å²) in [4.78, 5) is 16.6. The number of halogens is 1. The number of hydrogen-bond acceptors (Lipinski definition) is 4. The molecular weight excluding hydrogens is 520 g/mol. The summed E-state index contributed by atoms with van der Waals surface area (Å²) < 4.78 is 2.94. The van der Waals surface area contributed by atoms with Gasteiger partial charge in [-0.2, -0.15) is 0 Å². The summed E-state index contributed by atoms with van der Waals surface area (Å²) in [6, 6.07) is 10.5. The van der Waals surface area contributed by atoms with Gasteiger partial charge in [0.15, 0.2) is 0 Å². The molecule has 2 aromatic rings. The SMILES string of the molecule is Cn1c(-c2ccc(Cl)cc2)cc(CCCCCO)c1/C=C1\SC(=S)N(C2C3CC4CC(C3)CC2C4)C1=O. The number of aliphatic hydroxyl groups is 1. The second-order valence-corrected chi connectivity index (χ2v) is 13.6. The lowest BCUT2D eigenvalue weighted by atomic mass is 9.54. The molecule has 5 aliphatic rings. The van der Waals surface area contributed by atoms with Gasteiger partial charge in [0, 0.05) is 36.1 Å². The molecule has 0 radical (unpaired) electrons. The number of rotatable bonds is 8. The Hall–Kier alpha value is -1.60. The van der Waals surface area contributed by atoms with Gasteiger partial charge in [-0.05, 0) is 110 Å². The number of thiocarbonyl (C=S) groups is 1. The van der Waals surface area contributed by atoms with Crippen molar-refractivity contribution < 1.29 is 9.90 Å². The second-order valence-electron chi connectivity index (χ2n) is 11.5. The van der Waals surface area contributed by atoms with E-state index in [1.165, 1.54) is 49.4 Å². The summed E-state index contributed by atoms with van der Waals surface area (Å²) in [7, 11) is 2.07. The van der Waals surface area contributed by atoms with Crippen molar-refractivity contribution in [1.82, 2.24) is 9.47 Å². The third kappa shape index (κ3) is 4.84. The fourth-order valence-electron chi connectivity index (χ4n) is 7.75. The first kappa shape index (κ1) is 25.7. The summed E-state index contributed by atoms with van der Waals surface area (Å²) in [5, 5.41) is 9.93. The summed E-state index contributed by atoms with van der Waals surface area (Å²) in [6.07, 6.45) is 12.3. The molecule has 2 heterocycles. The van der Waals surface area contributed by atoms with E-state index < -0.39 is 0 Å². The molecule has 1 N–H and O–H groups in total. The van der Waals surface area contributed by atoms with E-state index >= 15 is 0 Å². The molecule has 4 nitrogen and oxygen atoms in total. The van der Waals surface area contributed by atoms with Crippen LogP contribution in [0.3, 0.4) is 0 Å². The minimum Gasteiger partial charge on any atom is -0.396 e. The van der Waals surface area contributed by atoms with Gasteiger partial charge in [0.2, 0.25) is 0 Å². The van der Waals surface area contributed by atoms with Crippen LogP contribution in [-0.4, -0.2) is 37.4 Å². The highest BCUT2D eigenvalue weighted by atomic mass is 35.5. The first-order chi connectivity index (χ1) is 17.9. The predicted octanol–water partition coefficient (Wildman–Crippen LogP) is 7.08. The van der Waals surface area contributed by atoms with E-state index in [1.54, 1.807) is 0 Å². The zero-order valence-corrected chi connectivity index (χ0v) is 23.8. The first-order valence-corrected chi connectivity index (χ1v) is 15.4. The molecule has 0 atom stereocenters. The Morgan fingerprint density at radius 2 is 1.73 bits per heavy atom. The topological polar surface area (TPSA) is 45.5 Å². The van der Waals surface area contributed by atoms with Crippen LogP contribution >= 0.6 is 35.6 Å². The van der Waals surface area contributed by atoms with Gasteiger partial charge < -0.3 is 9.67 Å². The zero-order chi connectivity index (χ0) is 25.7. The molecule has 1 aromatic heterocycles. The maximum atomic E-state index is 13.9. The highest BCUT2D eigenvalue weighted by molar-refractivity contribution is 8.26. The highest BCUT2D eigenvalue weighted by Crippen LogP contribution is 2.56. The Balaban J connectivity index is 1.31. The van der Waals surface area contributed by atoms with Crippen molar-refractivity contribution in [3.8, 4) is 11.3 Å². The average Bonchev–Trinajstić information content (AvgIpc) is 3.32. The van der Waals surface area contributed by atoms with Crippen LogP contribution in [0.2, 0.25) is 5.02 Å². The van der Waals surface area contributed by atoms with Crippen molar-refractivity contribution in [3.63, 3.8) is 0 Å². The fraction of sp³-hybridized carbons (Fsp3) is 0.533. The maximum absolute atomic E-state index is 13.9. The van der Waals surface area contributed by atoms with Crippen LogP contribution in [0.4, 0.5) is 0 Å². The molecule has 4 aliphatic carbocycles. The van der Waals surface area contributed by atoms with Gasteiger partial charge >= 0.3 is 0 Å². The van der Waals surface area contributed by atoms with Gasteiger partial charge in [0.1, 0.15) is 4.32 Å². The van der Waals surface area contributed by atoms with E-state index in [2.05, 4.69) is 23.8 Å². The number of hydrogen-bond donors (Lipinski definition) is 1. The Morgan fingerprint density at radius 1 is 1.05 bits per heavy atom. The van der Waals surface area contributed by atoms with E-state index in [0.29, 0.717) is 17.9 Å². The number of aliphatic hydroxyl groups excluding tert-OH is 1. The molecule has 4 bridgehead atoms. The van der Waals surface area contributed by atoms with Crippen molar-refractivity contribution in [1.29, 1.82) is 0 Å². The van der Waals surface area contributed by atoms with Gasteiger partial charge in [-0.25, -0.2) is 0 Å². The minimum atomic E-state index is 0.105. The number of aromatic nitrogens is 1. The van der Waals surface area contributed by atoms with E-state index in [4.69, 9.17) is 23.8 Å². The summed E-state index contributed by atoms with van der Waals surface area (Å²) in [5.41, 5.74) is 4.51. The lowest BCUT2D eigenvalue weighted by Gasteiger charge is -2.56. The number of carbonyl (C=O) groups is 1. The molecule has 1 aliphatic heterocycles. The van der Waals surface area contributed by atoms with Crippen molar-refractivity contribution >= 4 is 51.9 Å². The van der Waals surface area contributed by atoms with Crippen molar-refractivity contribution in [3.05, 3.63) is 51.5 Å². The summed E-state index contributed by atoms with van der Waals surface area (Å²) in [5.74, 6) is 3.08. The largest absolute Gasteiger partial charge is 0.396 e. The molecule has 7 rings (SSSR count). The van der Waals surface area contributed by atoms with Crippen molar-refractivity contribution in [2.75, 3.05) is 6.61 Å². The zero-order valence-electron chi connectivity index (χ0n) is 21.4. The Kier molecular flexibility index (Phi) is 7.30. The molecule has 5 fully saturated rings. The van der Waals surface area contributed by atoms with Gasteiger partial charge in [0.05, 0.1) is 4.91 Å². The van der Waals surface area contributed by atoms with Crippen LogP contribution in [-0.2, 0) is 18.3 Å². The molecule has 1 saturated heterocycles. The van der Waals surface area contributed by atoms with Crippen LogP contribution in [0.5, 0.6) is 0 Å². The molecule has 1 aromatic carbocycles. The third-order valence-electron chi connectivity index (χ3n) is 9.17. The Bertz CT molecular complexity index is 1210. The van der Waals surface area contributed by atoms with E-state index in [1.807, 2.05) is 29.2 Å². The lowest BCUT2D eigenvalue weighted by Crippen LogP contribution is -2.57. The van der Waals surface area contributed by atoms with Crippen molar-refractivity contribution in [2.45, 2.75) is 63.8 Å². The van der Waals surface area contributed by atoms with Gasteiger partial charge in [-0.15, -0.1) is 0 Å². The molecule has 7 heteroatoms. The maximum Gasteiger partial charge on any atom is 0.266 e. The molecule has 4 saturated carbocycles. The quantitative estimate of drug-likeness (QED) is 0.215. The molecule has 0 unspecified atom stereocenters. The van der Waals surface area contributed by atoms with E-state index in [0.717, 1.165) is 68.7 Å². The number of benzene rings is 1. The molecule has 0 spiro atoms. The van der Waals surface area contributed by atoms with Crippen LogP contribution in [0.25, 0.3) is 17.3 Å². The molecular formula is C30H35ClN2O2S2. The molecule has 37 heavy (non-hydrogen) atoms. The van der Waals surface area contributed by atoms with Crippen molar-refractivity contribution in [2.24, 2.45) is 30.7 Å². The predicted molar refractivity (Wildman–Crippen MR) is 156 cm³/mol. The number of thioether (sulfide) groups is 1. The van der Waals surface area contributed by atoms with Crippen LogP contribution < -0.4 is 0 Å². The molecule has 1 amide bonds. The Morgan fingerprint density at radius 3 is 2.38 bits per heavy atom. The number of unbranched alkanes of at least 4 members (excludes halogenated alkanes) is 2. The van der Waals surface area contributed by atoms with Gasteiger partial charge in [-0.1, -0.05) is 54.1 Å². The van der Waals surface area contributed by atoms with Crippen LogP contribution in [0.1, 0.15) is 62.6 Å². The Labute approximate surface area is 234 Å². The lowest BCUT2D eigenvalue weighted by molar-refractivity contribution is -0.130. The third-order valence-corrected chi connectivity index (χ3v) is 10.8. The average molecular weight is 555 g/mol. The standard InChI is InChI=1S/C30H35ClN2O2S2/c1-32-25(20-6-8-24(31)9-7-20)16-21(5-3-2-4-10-34)26(32)17-27-29(35)33(30(36)37-27)28-22-12-18-11-19(14-22)15-23(28)13-18/h6-9,16-19,22-23,28,34H,2-5,10-15H2,1H3/b27-17-. The number of nitrogens with zero attached hydrogens (tertiary/aromatic N) is 2. The fourth-order valence-corrected chi connectivity index (χ4v) is 9.20. The second kappa shape index (κ2) is 10.5. The minimum absolute atomic E-state index is 0.105. The van der Waals surface area contributed by atoms with Gasteiger partial charge in [-0.3, -0.25) is 9.69 Å². The van der Waals surface area contributed by atoms with E-state index in [-0.39, 0.29) is 12.5 Å². The number of aryl methyl sites for hydroxylation is 1. The monoisotopic (exact) mass is 554 g/mol. The normalized spacial score (nSPS) is 29.8. The van der Waals surface area contributed by atoms with Crippen LogP contribution in [0, 0.1) is 23.7 Å². The van der Waals surface area contributed by atoms with Gasteiger partial charge in [0.25, 0.3) is 5.91 Å². The number of amides is 1. The molecule has 196 valence electrons. The van der Waals surface area contributed by atoms with Crippen LogP contribution in [0.15, 0.2) is 35.2 Å². The number of carbonyl (C=O) groups excluding carboxylic acids is 1. The summed E-state index contributed by atoms with van der Waals surface area (Å²) >= 11 is 13.5. The first-order valence-electron chi connectivity index (χ1n) is 13.8. The van der Waals surface area contributed by atoms with E-state index in [9.17, 15) is 9.90 Å². The highest BCUT2D eigenvalue weighted by Gasteiger charge is 2.53. The summed E-state index contributed by atoms with van der Waals surface area (Å²) in [6.45, 7) is 0.227. The smallest absolute Gasteiger partial charge is 0.266 e.